The summed E-state index contributed by atoms with van der Waals surface area (Å²) < 4.78 is 37.8. The van der Waals surface area contributed by atoms with Gasteiger partial charge in [-0.1, -0.05) is 50.2 Å². The Bertz CT molecular complexity index is 1600. The summed E-state index contributed by atoms with van der Waals surface area (Å²) in [5.41, 5.74) is -6.90. The van der Waals surface area contributed by atoms with Crippen molar-refractivity contribution in [3.8, 4) is 0 Å². The van der Waals surface area contributed by atoms with Gasteiger partial charge in [-0.2, -0.15) is 0 Å². The van der Waals surface area contributed by atoms with Gasteiger partial charge in [-0.05, 0) is 64.3 Å². The average Bonchev–Trinajstić information content (AvgIpc) is 3.27. The highest BCUT2D eigenvalue weighted by Gasteiger charge is 2.87. The predicted octanol–water partition coefficient (Wildman–Crippen LogP) is 4.60. The summed E-state index contributed by atoms with van der Waals surface area (Å²) in [7, 11) is 0. The molecule has 12 nitrogen and oxygen atoms in total. The first-order valence-corrected chi connectivity index (χ1v) is 17.0. The highest BCUT2D eigenvalue weighted by Crippen LogP contribution is 2.69. The summed E-state index contributed by atoms with van der Waals surface area (Å²) in [6, 6.07) is 16.3. The van der Waals surface area contributed by atoms with Crippen LogP contribution in [0.25, 0.3) is 0 Å². The fraction of sp³-hybridized carbons (Fsp3) is 0.553. The molecule has 0 aromatic heterocycles. The standard InChI is InChI=1S/C38H46O12/c1-8-22(2)32(41)48-29-28-30(46-24(4)40)38(50-35(28,5)6)36(7,44)20-19-27(47-33(42)25-15-11-9-12-16-25)37(38,21-45-23(3)39)31(29)49-34(43)26-17-13-10-14-18-26/h9-18,22,27-31,44H,8,19-21H2,1-7H3/t22?,27-,28+,29+,30+,31+,36-,37-,38-/m0/s1. The number of ether oxygens (including phenoxy) is 6. The van der Waals surface area contributed by atoms with Gasteiger partial charge in [-0.15, -0.1) is 0 Å². The first kappa shape index (κ1) is 37.0. The summed E-state index contributed by atoms with van der Waals surface area (Å²) in [6.45, 7) is 10.1. The Kier molecular flexibility index (Phi) is 10.2. The van der Waals surface area contributed by atoms with Crippen LogP contribution < -0.4 is 0 Å². The van der Waals surface area contributed by atoms with E-state index in [1.807, 2.05) is 6.92 Å². The zero-order chi connectivity index (χ0) is 36.6. The second-order valence-electron chi connectivity index (χ2n) is 14.3. The lowest BCUT2D eigenvalue weighted by molar-refractivity contribution is -0.347. The van der Waals surface area contributed by atoms with E-state index in [-0.39, 0.29) is 24.0 Å². The maximum Gasteiger partial charge on any atom is 0.338 e. The molecule has 1 N–H and O–H groups in total. The molecule has 2 saturated carbocycles. The van der Waals surface area contributed by atoms with E-state index in [0.29, 0.717) is 6.42 Å². The molecule has 1 heterocycles. The van der Waals surface area contributed by atoms with Crippen LogP contribution >= 0.6 is 0 Å². The molecule has 50 heavy (non-hydrogen) atoms. The van der Waals surface area contributed by atoms with E-state index < -0.39 is 94.9 Å². The van der Waals surface area contributed by atoms with Crippen LogP contribution in [-0.4, -0.2) is 82.8 Å². The number of rotatable bonds is 10. The van der Waals surface area contributed by atoms with E-state index >= 15 is 0 Å². The molecule has 2 aromatic rings. The molecule has 3 aliphatic rings. The SMILES string of the molecule is CCC(C)C(=O)O[C@@H]1[C@@H]2[C@@H](OC(C)=O)[C@@]3(OC2(C)C)[C@@](COC(C)=O)([C@@H](OC(=O)c2ccccc2)CC[C@]3(C)O)[C@@H]1OC(=O)c1ccccc1. The second-order valence-corrected chi connectivity index (χ2v) is 14.3. The van der Waals surface area contributed by atoms with Gasteiger partial charge >= 0.3 is 29.8 Å². The Morgan fingerprint density at radius 2 is 1.38 bits per heavy atom. The van der Waals surface area contributed by atoms with Gasteiger partial charge in [0.25, 0.3) is 0 Å². The molecule has 2 bridgehead atoms. The highest BCUT2D eigenvalue weighted by molar-refractivity contribution is 5.90. The Hall–Kier alpha value is -4.29. The molecule has 5 rings (SSSR count). The molecule has 1 saturated heterocycles. The van der Waals surface area contributed by atoms with Crippen molar-refractivity contribution in [2.45, 2.75) is 109 Å². The molecule has 1 unspecified atom stereocenters. The Balaban J connectivity index is 1.84. The lowest BCUT2D eigenvalue weighted by Gasteiger charge is -2.65. The van der Waals surface area contributed by atoms with Gasteiger partial charge < -0.3 is 33.5 Å². The first-order chi connectivity index (χ1) is 23.5. The van der Waals surface area contributed by atoms with Crippen LogP contribution in [0.15, 0.2) is 60.7 Å². The van der Waals surface area contributed by atoms with Crippen LogP contribution in [-0.2, 0) is 42.8 Å². The number of hydrogen-bond acceptors (Lipinski definition) is 12. The molecule has 1 spiro atoms. The van der Waals surface area contributed by atoms with Crippen LogP contribution in [0.4, 0.5) is 0 Å². The van der Waals surface area contributed by atoms with Crippen molar-refractivity contribution in [1.29, 1.82) is 0 Å². The van der Waals surface area contributed by atoms with Crippen molar-refractivity contribution in [2.24, 2.45) is 17.3 Å². The van der Waals surface area contributed by atoms with Crippen molar-refractivity contribution < 1.29 is 57.5 Å². The summed E-state index contributed by atoms with van der Waals surface area (Å²) in [5.74, 6) is -5.27. The largest absolute Gasteiger partial charge is 0.465 e. The Labute approximate surface area is 291 Å². The number of fused-ring (bicyclic) bond motifs is 1. The summed E-state index contributed by atoms with van der Waals surface area (Å²) in [6.07, 6.45) is -5.27. The van der Waals surface area contributed by atoms with Crippen LogP contribution in [0.3, 0.4) is 0 Å². The van der Waals surface area contributed by atoms with Crippen molar-refractivity contribution in [1.82, 2.24) is 0 Å². The first-order valence-electron chi connectivity index (χ1n) is 17.0. The van der Waals surface area contributed by atoms with E-state index in [2.05, 4.69) is 0 Å². The molecule has 9 atom stereocenters. The summed E-state index contributed by atoms with van der Waals surface area (Å²) in [5, 5.41) is 12.6. The van der Waals surface area contributed by atoms with Gasteiger partial charge in [-0.25, -0.2) is 9.59 Å². The number of carbonyl (C=O) groups is 5. The van der Waals surface area contributed by atoms with E-state index in [4.69, 9.17) is 28.4 Å². The van der Waals surface area contributed by atoms with E-state index in [0.717, 1.165) is 0 Å². The lowest BCUT2D eigenvalue weighted by atomic mass is 9.46. The molecule has 0 radical (unpaired) electrons. The zero-order valence-corrected chi connectivity index (χ0v) is 29.5. The fourth-order valence-corrected chi connectivity index (χ4v) is 8.23. The molecule has 1 aliphatic heterocycles. The summed E-state index contributed by atoms with van der Waals surface area (Å²) >= 11 is 0. The van der Waals surface area contributed by atoms with Gasteiger partial charge in [0.15, 0.2) is 11.7 Å². The predicted molar refractivity (Wildman–Crippen MR) is 176 cm³/mol. The number of esters is 5. The van der Waals surface area contributed by atoms with Crippen molar-refractivity contribution in [3.63, 3.8) is 0 Å². The monoisotopic (exact) mass is 694 g/mol. The average molecular weight is 695 g/mol. The Morgan fingerprint density at radius 3 is 1.90 bits per heavy atom. The van der Waals surface area contributed by atoms with Gasteiger partial charge in [-0.3, -0.25) is 14.4 Å². The van der Waals surface area contributed by atoms with Crippen LogP contribution in [0.5, 0.6) is 0 Å². The fourth-order valence-electron chi connectivity index (χ4n) is 8.23. The van der Waals surface area contributed by atoms with Gasteiger partial charge in [0.1, 0.15) is 30.3 Å². The molecule has 12 heteroatoms. The normalized spacial score (nSPS) is 32.8. The van der Waals surface area contributed by atoms with Crippen LogP contribution in [0.1, 0.15) is 88.4 Å². The molecule has 3 fully saturated rings. The molecule has 270 valence electrons. The van der Waals surface area contributed by atoms with E-state index in [9.17, 15) is 29.1 Å². The molecule has 2 aromatic carbocycles. The van der Waals surface area contributed by atoms with E-state index in [1.165, 1.54) is 20.8 Å². The van der Waals surface area contributed by atoms with Crippen molar-refractivity contribution in [3.05, 3.63) is 71.8 Å². The number of aliphatic hydroxyl groups is 1. The lowest BCUT2D eigenvalue weighted by Crippen LogP contribution is -2.83. The number of benzene rings is 2. The Morgan fingerprint density at radius 1 is 0.820 bits per heavy atom. The third kappa shape index (κ3) is 6.17. The molecular weight excluding hydrogens is 648 g/mol. The highest BCUT2D eigenvalue weighted by atomic mass is 16.6. The van der Waals surface area contributed by atoms with Crippen molar-refractivity contribution in [2.75, 3.05) is 6.61 Å². The third-order valence-corrected chi connectivity index (χ3v) is 10.6. The van der Waals surface area contributed by atoms with Gasteiger partial charge in [0.05, 0.1) is 34.2 Å². The van der Waals surface area contributed by atoms with Crippen LogP contribution in [0.2, 0.25) is 0 Å². The topological polar surface area (TPSA) is 161 Å². The molecule has 0 amide bonds. The quantitative estimate of drug-likeness (QED) is 0.272. The minimum atomic E-state index is -2.05. The van der Waals surface area contributed by atoms with Gasteiger partial charge in [0.2, 0.25) is 0 Å². The smallest absolute Gasteiger partial charge is 0.338 e. The number of hydrogen-bond donors (Lipinski definition) is 1. The van der Waals surface area contributed by atoms with Gasteiger partial charge in [0, 0.05) is 13.8 Å². The minimum absolute atomic E-state index is 0.0265. The van der Waals surface area contributed by atoms with Crippen LogP contribution in [0, 0.1) is 17.3 Å². The molecule has 2 aliphatic carbocycles. The van der Waals surface area contributed by atoms with E-state index in [1.54, 1.807) is 81.4 Å². The maximum atomic E-state index is 14.1. The summed E-state index contributed by atoms with van der Waals surface area (Å²) in [4.78, 5) is 67.3. The second kappa shape index (κ2) is 13.8. The third-order valence-electron chi connectivity index (χ3n) is 10.6. The maximum absolute atomic E-state index is 14.1. The zero-order valence-electron chi connectivity index (χ0n) is 29.5. The number of carbonyl (C=O) groups excluding carboxylic acids is 5. The molecular formula is C38H46O12. The van der Waals surface area contributed by atoms with Crippen molar-refractivity contribution >= 4 is 29.8 Å². The minimum Gasteiger partial charge on any atom is -0.465 e.